The Labute approximate surface area is 109 Å². The van der Waals surface area contributed by atoms with Gasteiger partial charge in [-0.2, -0.15) is 0 Å². The molecule has 2 nitrogen and oxygen atoms in total. The van der Waals surface area contributed by atoms with Crippen molar-refractivity contribution in [2.24, 2.45) is 5.92 Å². The number of benzene rings is 1. The van der Waals surface area contributed by atoms with Crippen LogP contribution in [0.1, 0.15) is 38.2 Å². The summed E-state index contributed by atoms with van der Waals surface area (Å²) in [5.74, 6) is 1.28. The molecule has 2 rings (SSSR count). The smallest absolute Gasteiger partial charge is 0.130 e. The quantitative estimate of drug-likeness (QED) is 0.866. The van der Waals surface area contributed by atoms with E-state index in [9.17, 15) is 4.39 Å². The molecule has 0 radical (unpaired) electrons. The summed E-state index contributed by atoms with van der Waals surface area (Å²) in [5, 5.41) is 3.51. The first-order chi connectivity index (χ1) is 8.69. The minimum absolute atomic E-state index is 0.139. The lowest BCUT2D eigenvalue weighted by Gasteiger charge is -2.44. The second-order valence-electron chi connectivity index (χ2n) is 5.12. The van der Waals surface area contributed by atoms with Crippen molar-refractivity contribution >= 4 is 0 Å². The van der Waals surface area contributed by atoms with Crippen LogP contribution in [-0.4, -0.2) is 19.7 Å². The summed E-state index contributed by atoms with van der Waals surface area (Å²) in [6.45, 7) is 5.39. The molecule has 0 saturated heterocycles. The number of nitrogens with one attached hydrogen (secondary N) is 1. The van der Waals surface area contributed by atoms with Crippen molar-refractivity contribution in [3.63, 3.8) is 0 Å². The van der Waals surface area contributed by atoms with E-state index in [2.05, 4.69) is 19.2 Å². The maximum atomic E-state index is 14.0. The molecule has 0 spiro atoms. The summed E-state index contributed by atoms with van der Waals surface area (Å²) in [6, 6.07) is 5.59. The number of ether oxygens (including phenoxy) is 1. The zero-order chi connectivity index (χ0) is 13.1. The van der Waals surface area contributed by atoms with Crippen LogP contribution >= 0.6 is 0 Å². The fourth-order valence-electron chi connectivity index (χ4n) is 2.82. The molecule has 18 heavy (non-hydrogen) atoms. The van der Waals surface area contributed by atoms with Crippen molar-refractivity contribution in [3.8, 4) is 5.75 Å². The van der Waals surface area contributed by atoms with E-state index in [-0.39, 0.29) is 11.7 Å². The summed E-state index contributed by atoms with van der Waals surface area (Å²) in [4.78, 5) is 0. The summed E-state index contributed by atoms with van der Waals surface area (Å²) < 4.78 is 19.2. The molecule has 1 aromatic carbocycles. The van der Waals surface area contributed by atoms with E-state index in [0.29, 0.717) is 17.7 Å². The maximum absolute atomic E-state index is 14.0. The monoisotopic (exact) mass is 251 g/mol. The van der Waals surface area contributed by atoms with Gasteiger partial charge in [0.15, 0.2) is 0 Å². The van der Waals surface area contributed by atoms with Crippen LogP contribution in [0.15, 0.2) is 18.2 Å². The Kier molecular flexibility index (Phi) is 4.23. The first-order valence-electron chi connectivity index (χ1n) is 6.74. The predicted molar refractivity (Wildman–Crippen MR) is 71.6 cm³/mol. The van der Waals surface area contributed by atoms with Crippen molar-refractivity contribution in [2.75, 3.05) is 13.7 Å². The van der Waals surface area contributed by atoms with Crippen LogP contribution < -0.4 is 10.1 Å². The zero-order valence-corrected chi connectivity index (χ0v) is 11.4. The molecule has 1 aliphatic rings. The van der Waals surface area contributed by atoms with Crippen LogP contribution in [-0.2, 0) is 0 Å². The third kappa shape index (κ3) is 2.37. The maximum Gasteiger partial charge on any atom is 0.130 e. The Morgan fingerprint density at radius 1 is 1.44 bits per heavy atom. The van der Waals surface area contributed by atoms with E-state index in [0.717, 1.165) is 24.9 Å². The highest BCUT2D eigenvalue weighted by molar-refractivity contribution is 5.39. The lowest BCUT2D eigenvalue weighted by molar-refractivity contribution is 0.177. The summed E-state index contributed by atoms with van der Waals surface area (Å²) in [7, 11) is 1.61. The van der Waals surface area contributed by atoms with Gasteiger partial charge in [-0.15, -0.1) is 0 Å². The van der Waals surface area contributed by atoms with Crippen LogP contribution in [0.2, 0.25) is 0 Å². The molecule has 100 valence electrons. The minimum Gasteiger partial charge on any atom is -0.496 e. The number of rotatable bonds is 5. The molecule has 0 bridgehead atoms. The second-order valence-corrected chi connectivity index (χ2v) is 5.12. The second kappa shape index (κ2) is 5.70. The average molecular weight is 251 g/mol. The SMILES string of the molecule is CCCNC1CC(c2c(F)cccc2OC)C1C. The highest BCUT2D eigenvalue weighted by Crippen LogP contribution is 2.46. The van der Waals surface area contributed by atoms with Gasteiger partial charge in [0.1, 0.15) is 11.6 Å². The molecule has 0 aromatic heterocycles. The lowest BCUT2D eigenvalue weighted by Crippen LogP contribution is -2.48. The van der Waals surface area contributed by atoms with Gasteiger partial charge in [-0.05, 0) is 43.4 Å². The van der Waals surface area contributed by atoms with Crippen LogP contribution in [0.4, 0.5) is 4.39 Å². The standard InChI is InChI=1S/C15H22FNO/c1-4-8-17-13-9-11(10(13)2)15-12(16)6-5-7-14(15)18-3/h5-7,10-11,13,17H,4,8-9H2,1-3H3. The molecule has 0 aliphatic heterocycles. The summed E-state index contributed by atoms with van der Waals surface area (Å²) in [6.07, 6.45) is 2.13. The van der Waals surface area contributed by atoms with E-state index in [1.165, 1.54) is 6.07 Å². The van der Waals surface area contributed by atoms with Gasteiger partial charge >= 0.3 is 0 Å². The van der Waals surface area contributed by atoms with E-state index < -0.39 is 0 Å². The van der Waals surface area contributed by atoms with Gasteiger partial charge in [-0.25, -0.2) is 4.39 Å². The summed E-state index contributed by atoms with van der Waals surface area (Å²) >= 11 is 0. The van der Waals surface area contributed by atoms with E-state index >= 15 is 0 Å². The lowest BCUT2D eigenvalue weighted by atomic mass is 9.66. The topological polar surface area (TPSA) is 21.3 Å². The molecule has 1 aromatic rings. The highest BCUT2D eigenvalue weighted by Gasteiger charge is 2.40. The van der Waals surface area contributed by atoms with Crippen molar-refractivity contribution in [1.29, 1.82) is 0 Å². The third-order valence-electron chi connectivity index (χ3n) is 4.04. The molecule has 0 amide bonds. The molecule has 3 atom stereocenters. The van der Waals surface area contributed by atoms with Gasteiger partial charge in [-0.1, -0.05) is 19.9 Å². The van der Waals surface area contributed by atoms with Gasteiger partial charge in [0.2, 0.25) is 0 Å². The predicted octanol–water partition coefficient (Wildman–Crippen LogP) is 3.33. The Bertz CT molecular complexity index is 407. The first kappa shape index (κ1) is 13.3. The van der Waals surface area contributed by atoms with Gasteiger partial charge in [0.25, 0.3) is 0 Å². The highest BCUT2D eigenvalue weighted by atomic mass is 19.1. The summed E-state index contributed by atoms with van der Waals surface area (Å²) in [5.41, 5.74) is 0.752. The molecule has 3 heteroatoms. The van der Waals surface area contributed by atoms with Gasteiger partial charge in [0, 0.05) is 11.6 Å². The van der Waals surface area contributed by atoms with E-state index in [1.54, 1.807) is 13.2 Å². The van der Waals surface area contributed by atoms with Crippen LogP contribution in [0, 0.1) is 11.7 Å². The van der Waals surface area contributed by atoms with Gasteiger partial charge in [0.05, 0.1) is 7.11 Å². The molecule has 3 unspecified atom stereocenters. The van der Waals surface area contributed by atoms with Gasteiger partial charge in [-0.3, -0.25) is 0 Å². The molecule has 1 fully saturated rings. The Morgan fingerprint density at radius 3 is 2.83 bits per heavy atom. The minimum atomic E-state index is -0.139. The van der Waals surface area contributed by atoms with Crippen LogP contribution in [0.25, 0.3) is 0 Å². The molecule has 1 N–H and O–H groups in total. The number of hydrogen-bond acceptors (Lipinski definition) is 2. The molecule has 1 aliphatic carbocycles. The van der Waals surface area contributed by atoms with E-state index in [1.807, 2.05) is 6.07 Å². The van der Waals surface area contributed by atoms with Crippen molar-refractivity contribution < 1.29 is 9.13 Å². The molecular formula is C15H22FNO. The first-order valence-corrected chi connectivity index (χ1v) is 6.74. The molecular weight excluding hydrogens is 229 g/mol. The number of methoxy groups -OCH3 is 1. The van der Waals surface area contributed by atoms with E-state index in [4.69, 9.17) is 4.74 Å². The Morgan fingerprint density at radius 2 is 2.22 bits per heavy atom. The Hall–Kier alpha value is -1.09. The fraction of sp³-hybridized carbons (Fsp3) is 0.600. The van der Waals surface area contributed by atoms with Gasteiger partial charge < -0.3 is 10.1 Å². The number of hydrogen-bond donors (Lipinski definition) is 1. The largest absolute Gasteiger partial charge is 0.496 e. The number of halogens is 1. The zero-order valence-electron chi connectivity index (χ0n) is 11.4. The third-order valence-corrected chi connectivity index (χ3v) is 4.04. The molecule has 1 saturated carbocycles. The average Bonchev–Trinajstić information content (AvgIpc) is 2.38. The van der Waals surface area contributed by atoms with Crippen LogP contribution in [0.5, 0.6) is 5.75 Å². The fourth-order valence-corrected chi connectivity index (χ4v) is 2.82. The van der Waals surface area contributed by atoms with Crippen molar-refractivity contribution in [1.82, 2.24) is 5.32 Å². The van der Waals surface area contributed by atoms with Crippen LogP contribution in [0.3, 0.4) is 0 Å². The van der Waals surface area contributed by atoms with Crippen molar-refractivity contribution in [2.45, 2.75) is 38.6 Å². The normalized spacial score (nSPS) is 26.8. The van der Waals surface area contributed by atoms with Crippen molar-refractivity contribution in [3.05, 3.63) is 29.6 Å². The Balaban J connectivity index is 2.10. The molecule has 0 heterocycles.